The Bertz CT molecular complexity index is 587. The van der Waals surface area contributed by atoms with Crippen molar-refractivity contribution in [1.29, 1.82) is 0 Å². The van der Waals surface area contributed by atoms with E-state index in [-0.39, 0.29) is 18.9 Å². The normalized spacial score (nSPS) is 24.7. The second-order valence-electron chi connectivity index (χ2n) is 5.57. The summed E-state index contributed by atoms with van der Waals surface area (Å²) in [5, 5.41) is 22.2. The number of likely N-dealkylation sites (tertiary alicyclic amines) is 1. The van der Waals surface area contributed by atoms with Crippen LogP contribution < -0.4 is 5.32 Å². The number of carboxylic acid groups (broad SMARTS) is 1. The molecule has 2 heterocycles. The number of carbonyl (C=O) groups excluding carboxylic acids is 1. The van der Waals surface area contributed by atoms with Crippen molar-refractivity contribution in [3.63, 3.8) is 0 Å². The van der Waals surface area contributed by atoms with Gasteiger partial charge in [0.05, 0.1) is 6.10 Å². The van der Waals surface area contributed by atoms with E-state index in [1.54, 1.807) is 6.07 Å². The van der Waals surface area contributed by atoms with Crippen molar-refractivity contribution < 1.29 is 19.8 Å². The lowest BCUT2D eigenvalue weighted by molar-refractivity contribution is -0.141. The Morgan fingerprint density at radius 3 is 2.90 bits per heavy atom. The zero-order valence-corrected chi connectivity index (χ0v) is 11.6. The second kappa shape index (κ2) is 5.46. The van der Waals surface area contributed by atoms with Gasteiger partial charge in [0.25, 0.3) is 5.91 Å². The quantitative estimate of drug-likeness (QED) is 0.713. The smallest absolute Gasteiger partial charge is 0.326 e. The van der Waals surface area contributed by atoms with E-state index in [9.17, 15) is 19.8 Å². The number of fused-ring (bicyclic) bond motifs is 1. The molecule has 0 bridgehead atoms. The molecule has 3 rings (SSSR count). The number of aliphatic hydroxyl groups excluding tert-OH is 1. The summed E-state index contributed by atoms with van der Waals surface area (Å²) in [6, 6.07) is 4.61. The fourth-order valence-corrected chi connectivity index (χ4v) is 3.16. The molecule has 21 heavy (non-hydrogen) atoms. The number of carbonyl (C=O) groups is 2. The molecule has 1 amide bonds. The molecule has 1 aromatic rings. The van der Waals surface area contributed by atoms with E-state index >= 15 is 0 Å². The van der Waals surface area contributed by atoms with Crippen molar-refractivity contribution in [2.45, 2.75) is 31.5 Å². The third-order valence-corrected chi connectivity index (χ3v) is 4.20. The van der Waals surface area contributed by atoms with Crippen LogP contribution in [0.1, 0.15) is 27.9 Å². The number of nitrogens with one attached hydrogen (secondary N) is 1. The van der Waals surface area contributed by atoms with Crippen LogP contribution in [0.15, 0.2) is 18.2 Å². The molecule has 6 nitrogen and oxygen atoms in total. The van der Waals surface area contributed by atoms with Crippen molar-refractivity contribution in [3.8, 4) is 0 Å². The minimum atomic E-state index is -1.06. The predicted octanol–water partition coefficient (Wildman–Crippen LogP) is -0.00770. The van der Waals surface area contributed by atoms with Gasteiger partial charge in [0.2, 0.25) is 0 Å². The lowest BCUT2D eigenvalue weighted by Crippen LogP contribution is -2.41. The standard InChI is InChI=1S/C15H18N2O4/c18-10-6-13(15(20)21)17(8-10)14(19)12-3-1-2-9-7-16-5-4-11(9)12/h1-3,10,13,16,18H,4-8H2,(H,20,21)/t10-,13-/m1/s1. The predicted molar refractivity (Wildman–Crippen MR) is 74.9 cm³/mol. The van der Waals surface area contributed by atoms with Gasteiger partial charge in [-0.05, 0) is 30.2 Å². The number of hydrogen-bond donors (Lipinski definition) is 3. The van der Waals surface area contributed by atoms with Crippen LogP contribution in [0.3, 0.4) is 0 Å². The largest absolute Gasteiger partial charge is 0.480 e. The number of amides is 1. The average molecular weight is 290 g/mol. The highest BCUT2D eigenvalue weighted by Gasteiger charge is 2.39. The number of rotatable bonds is 2. The number of hydrogen-bond acceptors (Lipinski definition) is 4. The Morgan fingerprint density at radius 2 is 2.14 bits per heavy atom. The molecule has 1 fully saturated rings. The molecule has 2 aliphatic rings. The summed E-state index contributed by atoms with van der Waals surface area (Å²) in [5.41, 5.74) is 2.64. The third kappa shape index (κ3) is 2.52. The van der Waals surface area contributed by atoms with Crippen molar-refractivity contribution in [2.24, 2.45) is 0 Å². The molecule has 0 aromatic heterocycles. The molecule has 1 saturated heterocycles. The highest BCUT2D eigenvalue weighted by atomic mass is 16.4. The molecule has 1 aromatic carbocycles. The summed E-state index contributed by atoms with van der Waals surface area (Å²) >= 11 is 0. The minimum Gasteiger partial charge on any atom is -0.480 e. The zero-order chi connectivity index (χ0) is 15.0. The summed E-state index contributed by atoms with van der Waals surface area (Å²) in [6.07, 6.45) is 0.0829. The fourth-order valence-electron chi connectivity index (χ4n) is 3.16. The molecule has 0 radical (unpaired) electrons. The number of carboxylic acids is 1. The van der Waals surface area contributed by atoms with Crippen molar-refractivity contribution in [1.82, 2.24) is 10.2 Å². The Hall–Kier alpha value is -1.92. The van der Waals surface area contributed by atoms with E-state index in [0.717, 1.165) is 30.6 Å². The molecule has 0 spiro atoms. The number of aliphatic carboxylic acids is 1. The lowest BCUT2D eigenvalue weighted by atomic mass is 9.94. The van der Waals surface area contributed by atoms with Crippen LogP contribution in [-0.2, 0) is 17.8 Å². The fraction of sp³-hybridized carbons (Fsp3) is 0.467. The molecule has 2 atom stereocenters. The van der Waals surface area contributed by atoms with Crippen LogP contribution in [0, 0.1) is 0 Å². The molecular formula is C15H18N2O4. The first-order valence-electron chi connectivity index (χ1n) is 7.11. The van der Waals surface area contributed by atoms with Crippen LogP contribution in [0.5, 0.6) is 0 Å². The minimum absolute atomic E-state index is 0.0811. The SMILES string of the molecule is O=C(O)[C@H]1C[C@@H](O)CN1C(=O)c1cccc2c1CCNC2. The van der Waals surface area contributed by atoms with E-state index in [0.29, 0.717) is 5.56 Å². The third-order valence-electron chi connectivity index (χ3n) is 4.20. The zero-order valence-electron chi connectivity index (χ0n) is 11.6. The maximum absolute atomic E-state index is 12.7. The highest BCUT2D eigenvalue weighted by molar-refractivity contribution is 5.98. The van der Waals surface area contributed by atoms with Gasteiger partial charge in [0, 0.05) is 25.1 Å². The number of aliphatic hydroxyl groups is 1. The first-order chi connectivity index (χ1) is 10.1. The van der Waals surface area contributed by atoms with Gasteiger partial charge in [-0.2, -0.15) is 0 Å². The summed E-state index contributed by atoms with van der Waals surface area (Å²) in [4.78, 5) is 25.3. The molecule has 0 saturated carbocycles. The van der Waals surface area contributed by atoms with Crippen LogP contribution in [0.2, 0.25) is 0 Å². The van der Waals surface area contributed by atoms with Gasteiger partial charge in [0.15, 0.2) is 0 Å². The van der Waals surface area contributed by atoms with Gasteiger partial charge in [-0.25, -0.2) is 4.79 Å². The van der Waals surface area contributed by atoms with E-state index in [1.807, 2.05) is 12.1 Å². The molecule has 2 aliphatic heterocycles. The van der Waals surface area contributed by atoms with Crippen molar-refractivity contribution >= 4 is 11.9 Å². The Balaban J connectivity index is 1.93. The van der Waals surface area contributed by atoms with Gasteiger partial charge in [-0.15, -0.1) is 0 Å². The van der Waals surface area contributed by atoms with Crippen molar-refractivity contribution in [3.05, 3.63) is 34.9 Å². The van der Waals surface area contributed by atoms with Crippen LogP contribution in [0.4, 0.5) is 0 Å². The Morgan fingerprint density at radius 1 is 1.33 bits per heavy atom. The first-order valence-corrected chi connectivity index (χ1v) is 7.11. The van der Waals surface area contributed by atoms with Gasteiger partial charge >= 0.3 is 5.97 Å². The molecular weight excluding hydrogens is 272 g/mol. The number of nitrogens with zero attached hydrogens (tertiary/aromatic N) is 1. The van der Waals surface area contributed by atoms with E-state index in [2.05, 4.69) is 5.32 Å². The lowest BCUT2D eigenvalue weighted by Gasteiger charge is -2.25. The molecule has 0 aliphatic carbocycles. The molecule has 0 unspecified atom stereocenters. The topological polar surface area (TPSA) is 89.9 Å². The maximum atomic E-state index is 12.7. The van der Waals surface area contributed by atoms with E-state index in [4.69, 9.17) is 0 Å². The average Bonchev–Trinajstić information content (AvgIpc) is 2.88. The van der Waals surface area contributed by atoms with Crippen LogP contribution in [-0.4, -0.2) is 52.2 Å². The first kappa shape index (κ1) is 14.0. The van der Waals surface area contributed by atoms with Crippen molar-refractivity contribution in [2.75, 3.05) is 13.1 Å². The Kier molecular flexibility index (Phi) is 3.65. The second-order valence-corrected chi connectivity index (χ2v) is 5.57. The van der Waals surface area contributed by atoms with Gasteiger partial charge in [-0.1, -0.05) is 12.1 Å². The molecule has 3 N–H and O–H groups in total. The Labute approximate surface area is 122 Å². The number of benzene rings is 1. The summed E-state index contributed by atoms with van der Waals surface area (Å²) in [5.74, 6) is -1.36. The van der Waals surface area contributed by atoms with E-state index < -0.39 is 18.1 Å². The van der Waals surface area contributed by atoms with Gasteiger partial charge in [-0.3, -0.25) is 4.79 Å². The maximum Gasteiger partial charge on any atom is 0.326 e. The summed E-state index contributed by atoms with van der Waals surface area (Å²) < 4.78 is 0. The highest BCUT2D eigenvalue weighted by Crippen LogP contribution is 2.25. The summed E-state index contributed by atoms with van der Waals surface area (Å²) in [6.45, 7) is 1.61. The van der Waals surface area contributed by atoms with Gasteiger partial charge in [0.1, 0.15) is 6.04 Å². The molecule has 6 heteroatoms. The number of β-amino-alcohol motifs (C(OH)–C–C–N with tert-alkyl or cyclic N) is 1. The van der Waals surface area contributed by atoms with Crippen LogP contribution in [0.25, 0.3) is 0 Å². The van der Waals surface area contributed by atoms with Gasteiger partial charge < -0.3 is 20.4 Å². The molecule has 112 valence electrons. The van der Waals surface area contributed by atoms with Crippen LogP contribution >= 0.6 is 0 Å². The summed E-state index contributed by atoms with van der Waals surface area (Å²) in [7, 11) is 0. The van der Waals surface area contributed by atoms with E-state index in [1.165, 1.54) is 4.90 Å². The monoisotopic (exact) mass is 290 g/mol.